The average molecular weight is 448 g/mol. The number of morpholine rings is 1. The number of ether oxygens (including phenoxy) is 2. The minimum Gasteiger partial charge on any atom is -0.497 e. The van der Waals surface area contributed by atoms with Gasteiger partial charge in [-0.3, -0.25) is 19.3 Å². The van der Waals surface area contributed by atoms with Crippen LogP contribution in [0.15, 0.2) is 53.5 Å². The second kappa shape index (κ2) is 8.66. The van der Waals surface area contributed by atoms with E-state index in [-0.39, 0.29) is 6.17 Å². The second-order valence-corrected chi connectivity index (χ2v) is 8.63. The summed E-state index contributed by atoms with van der Waals surface area (Å²) in [4.78, 5) is 17.0. The van der Waals surface area contributed by atoms with Gasteiger partial charge in [-0.2, -0.15) is 0 Å². The maximum atomic E-state index is 5.48. The van der Waals surface area contributed by atoms with E-state index in [1.54, 1.807) is 7.11 Å². The van der Waals surface area contributed by atoms with Crippen LogP contribution in [0.3, 0.4) is 0 Å². The van der Waals surface area contributed by atoms with Crippen LogP contribution in [0.5, 0.6) is 5.75 Å². The molecule has 9 heteroatoms. The van der Waals surface area contributed by atoms with Gasteiger partial charge in [0.1, 0.15) is 11.9 Å². The number of hydrogen-bond acceptors (Lipinski definition) is 8. The number of aliphatic imine (C=N–C) groups is 1. The van der Waals surface area contributed by atoms with Crippen LogP contribution < -0.4 is 15.0 Å². The molecule has 1 N–H and O–H groups in total. The first kappa shape index (κ1) is 20.5. The molecule has 0 unspecified atom stereocenters. The normalized spacial score (nSPS) is 21.3. The molecule has 2 aromatic carbocycles. The largest absolute Gasteiger partial charge is 0.497 e. The van der Waals surface area contributed by atoms with Crippen molar-refractivity contribution in [3.05, 3.63) is 54.1 Å². The zero-order valence-corrected chi connectivity index (χ0v) is 18.9. The zero-order valence-electron chi connectivity index (χ0n) is 18.9. The summed E-state index contributed by atoms with van der Waals surface area (Å²) in [6.45, 7) is 7.10. The number of anilines is 1. The summed E-state index contributed by atoms with van der Waals surface area (Å²) in [7, 11) is 1.69. The number of aromatic nitrogens is 2. The fourth-order valence-corrected chi connectivity index (χ4v) is 4.78. The third-order valence-corrected chi connectivity index (χ3v) is 6.63. The van der Waals surface area contributed by atoms with E-state index in [2.05, 4.69) is 54.9 Å². The van der Waals surface area contributed by atoms with Gasteiger partial charge in [0.2, 0.25) is 11.9 Å². The molecule has 0 amide bonds. The van der Waals surface area contributed by atoms with Gasteiger partial charge in [-0.25, -0.2) is 9.98 Å². The van der Waals surface area contributed by atoms with Gasteiger partial charge in [-0.05, 0) is 29.8 Å². The minimum absolute atomic E-state index is 0.0896. The summed E-state index contributed by atoms with van der Waals surface area (Å²) >= 11 is 0. The summed E-state index contributed by atoms with van der Waals surface area (Å²) in [6, 6.07) is 16.5. The van der Waals surface area contributed by atoms with Gasteiger partial charge in [-0.1, -0.05) is 24.3 Å². The van der Waals surface area contributed by atoms with Gasteiger partial charge in [0.15, 0.2) is 0 Å². The predicted octanol–water partition coefficient (Wildman–Crippen LogP) is 1.92. The third kappa shape index (κ3) is 3.82. The Morgan fingerprint density at radius 3 is 2.64 bits per heavy atom. The van der Waals surface area contributed by atoms with Crippen molar-refractivity contribution in [1.82, 2.24) is 24.7 Å². The molecule has 0 spiro atoms. The van der Waals surface area contributed by atoms with Crippen molar-refractivity contribution in [2.24, 2.45) is 4.99 Å². The topological polar surface area (TPSA) is 70.4 Å². The van der Waals surface area contributed by atoms with Crippen molar-refractivity contribution in [2.75, 3.05) is 64.7 Å². The maximum Gasteiger partial charge on any atom is 0.216 e. The lowest BCUT2D eigenvalue weighted by atomic mass is 10.1. The summed E-state index contributed by atoms with van der Waals surface area (Å²) in [5, 5.41) is 3.67. The van der Waals surface area contributed by atoms with E-state index in [4.69, 9.17) is 19.5 Å². The molecule has 0 bridgehead atoms. The molecule has 9 nitrogen and oxygen atoms in total. The molecule has 4 heterocycles. The Kier molecular flexibility index (Phi) is 5.37. The van der Waals surface area contributed by atoms with Crippen molar-refractivity contribution >= 4 is 22.9 Å². The van der Waals surface area contributed by atoms with E-state index < -0.39 is 0 Å². The quantitative estimate of drug-likeness (QED) is 0.641. The number of benzene rings is 2. The van der Waals surface area contributed by atoms with Gasteiger partial charge in [0, 0.05) is 26.2 Å². The summed E-state index contributed by atoms with van der Waals surface area (Å²) in [5.41, 5.74) is 3.22. The van der Waals surface area contributed by atoms with Crippen molar-refractivity contribution in [3.63, 3.8) is 0 Å². The number of nitrogens with zero attached hydrogens (tertiary/aromatic N) is 6. The molecule has 0 radical (unpaired) electrons. The first-order chi connectivity index (χ1) is 16.3. The van der Waals surface area contributed by atoms with Gasteiger partial charge in [0.05, 0.1) is 44.7 Å². The molecule has 1 aromatic heterocycles. The van der Waals surface area contributed by atoms with E-state index in [0.717, 1.165) is 80.3 Å². The van der Waals surface area contributed by atoms with E-state index in [1.165, 1.54) is 0 Å². The highest BCUT2D eigenvalue weighted by Crippen LogP contribution is 2.34. The fourth-order valence-electron chi connectivity index (χ4n) is 4.78. The standard InChI is InChI=1S/C24H29N7O2/c1-32-19-8-6-18(7-9-19)22-27-23-25-16-29(11-10-28-12-14-33-15-13-28)17-30(23)24-26-20-4-2-3-5-21(20)31(22)24/h2-9,22H,10-17H2,1H3,(H,25,27)/t22-/m1/s1. The van der Waals surface area contributed by atoms with Crippen LogP contribution in [-0.2, 0) is 4.74 Å². The lowest BCUT2D eigenvalue weighted by Crippen LogP contribution is -2.58. The molecule has 0 aliphatic carbocycles. The predicted molar refractivity (Wildman–Crippen MR) is 128 cm³/mol. The van der Waals surface area contributed by atoms with Crippen molar-refractivity contribution in [2.45, 2.75) is 6.17 Å². The highest BCUT2D eigenvalue weighted by molar-refractivity contribution is 5.98. The zero-order chi connectivity index (χ0) is 22.2. The van der Waals surface area contributed by atoms with Crippen LogP contribution in [0.4, 0.5) is 5.95 Å². The molecule has 1 fully saturated rings. The Morgan fingerprint density at radius 1 is 1.03 bits per heavy atom. The molecule has 6 rings (SSSR count). The minimum atomic E-state index is -0.0896. The number of imidazole rings is 1. The Hall–Kier alpha value is -3.14. The van der Waals surface area contributed by atoms with Gasteiger partial charge in [0.25, 0.3) is 0 Å². The Bertz CT molecular complexity index is 1150. The number of nitrogens with one attached hydrogen (secondary N) is 1. The smallest absolute Gasteiger partial charge is 0.216 e. The number of hydrogen-bond donors (Lipinski definition) is 1. The first-order valence-electron chi connectivity index (χ1n) is 11.5. The van der Waals surface area contributed by atoms with Crippen LogP contribution in [-0.4, -0.2) is 85.2 Å². The fraction of sp³-hybridized carbons (Fsp3) is 0.417. The summed E-state index contributed by atoms with van der Waals surface area (Å²) in [6.07, 6.45) is -0.0896. The molecule has 3 aliphatic rings. The van der Waals surface area contributed by atoms with Crippen LogP contribution in [0.2, 0.25) is 0 Å². The van der Waals surface area contributed by atoms with E-state index >= 15 is 0 Å². The van der Waals surface area contributed by atoms with Crippen LogP contribution in [0.25, 0.3) is 11.0 Å². The van der Waals surface area contributed by atoms with Crippen molar-refractivity contribution in [1.29, 1.82) is 0 Å². The van der Waals surface area contributed by atoms with E-state index in [0.29, 0.717) is 6.67 Å². The van der Waals surface area contributed by atoms with Crippen LogP contribution in [0, 0.1) is 0 Å². The summed E-state index contributed by atoms with van der Waals surface area (Å²) < 4.78 is 13.1. The molecule has 0 saturated carbocycles. The molecule has 3 aromatic rings. The van der Waals surface area contributed by atoms with E-state index in [9.17, 15) is 0 Å². The van der Waals surface area contributed by atoms with Gasteiger partial charge < -0.3 is 14.8 Å². The van der Waals surface area contributed by atoms with Crippen molar-refractivity contribution in [3.8, 4) is 5.75 Å². The van der Waals surface area contributed by atoms with Crippen LogP contribution >= 0.6 is 0 Å². The summed E-state index contributed by atoms with van der Waals surface area (Å²) in [5.74, 6) is 2.64. The Morgan fingerprint density at radius 2 is 1.82 bits per heavy atom. The molecular weight excluding hydrogens is 418 g/mol. The number of methoxy groups -OCH3 is 1. The SMILES string of the molecule is COc1ccc([C@@H]2NC3=NCN(CCN4CCOCC4)CN3c3nc4ccccc4n32)cc1. The first-order valence-corrected chi connectivity index (χ1v) is 11.5. The molecule has 1 saturated heterocycles. The highest BCUT2D eigenvalue weighted by atomic mass is 16.5. The van der Waals surface area contributed by atoms with Gasteiger partial charge in [-0.15, -0.1) is 0 Å². The third-order valence-electron chi connectivity index (χ3n) is 6.63. The number of fused-ring (bicyclic) bond motifs is 5. The number of rotatable bonds is 5. The van der Waals surface area contributed by atoms with E-state index in [1.807, 2.05) is 18.2 Å². The molecular formula is C24H29N7O2. The highest BCUT2D eigenvalue weighted by Gasteiger charge is 2.35. The monoisotopic (exact) mass is 447 g/mol. The molecule has 3 aliphatic heterocycles. The number of guanidine groups is 1. The van der Waals surface area contributed by atoms with Crippen molar-refractivity contribution < 1.29 is 9.47 Å². The lowest BCUT2D eigenvalue weighted by Gasteiger charge is -2.42. The Labute approximate surface area is 193 Å². The van der Waals surface area contributed by atoms with Crippen LogP contribution in [0.1, 0.15) is 11.7 Å². The second-order valence-electron chi connectivity index (χ2n) is 8.63. The maximum absolute atomic E-state index is 5.48. The average Bonchev–Trinajstić information content (AvgIpc) is 3.28. The Balaban J connectivity index is 1.31. The lowest BCUT2D eigenvalue weighted by molar-refractivity contribution is 0.0334. The molecule has 172 valence electrons. The molecule has 33 heavy (non-hydrogen) atoms. The van der Waals surface area contributed by atoms with Gasteiger partial charge >= 0.3 is 0 Å². The number of para-hydroxylation sites is 2. The molecule has 1 atom stereocenters.